The fraction of sp³-hybridized carbons (Fsp3) is 0.417. The second-order valence-corrected chi connectivity index (χ2v) is 6.17. The van der Waals surface area contributed by atoms with Crippen molar-refractivity contribution in [2.24, 2.45) is 5.41 Å². The molecule has 0 amide bonds. The van der Waals surface area contributed by atoms with Gasteiger partial charge >= 0.3 is 0 Å². The first-order valence-corrected chi connectivity index (χ1v) is 6.05. The van der Waals surface area contributed by atoms with Crippen molar-refractivity contribution in [1.29, 1.82) is 0 Å². The highest BCUT2D eigenvalue weighted by Gasteiger charge is 2.20. The molecule has 0 N–H and O–H groups in total. The van der Waals surface area contributed by atoms with Gasteiger partial charge in [-0.25, -0.2) is 4.39 Å². The van der Waals surface area contributed by atoms with Gasteiger partial charge in [0.2, 0.25) is 0 Å². The summed E-state index contributed by atoms with van der Waals surface area (Å²) in [7, 11) is 0. The number of benzene rings is 1. The molecule has 0 aliphatic carbocycles. The Hall–Kier alpha value is -0.410. The zero-order chi connectivity index (χ0) is 12.5. The molecular formula is C12H13BrClFO. The van der Waals surface area contributed by atoms with E-state index in [4.69, 9.17) is 11.6 Å². The van der Waals surface area contributed by atoms with Crippen LogP contribution >= 0.6 is 27.5 Å². The molecule has 0 aromatic heterocycles. The number of ketones is 1. The van der Waals surface area contributed by atoms with Gasteiger partial charge in [0.05, 0.1) is 10.6 Å². The molecule has 0 aliphatic rings. The first-order chi connectivity index (χ1) is 7.20. The molecule has 1 rings (SSSR count). The molecular weight excluding hydrogens is 294 g/mol. The van der Waals surface area contributed by atoms with Crippen molar-refractivity contribution in [2.45, 2.75) is 27.2 Å². The normalized spacial score (nSPS) is 11.6. The average Bonchev–Trinajstić information content (AvgIpc) is 2.08. The van der Waals surface area contributed by atoms with E-state index in [0.717, 1.165) is 0 Å². The zero-order valence-electron chi connectivity index (χ0n) is 9.40. The van der Waals surface area contributed by atoms with Crippen LogP contribution < -0.4 is 0 Å². The summed E-state index contributed by atoms with van der Waals surface area (Å²) >= 11 is 8.94. The fourth-order valence-electron chi connectivity index (χ4n) is 1.31. The van der Waals surface area contributed by atoms with E-state index in [0.29, 0.717) is 15.9 Å². The summed E-state index contributed by atoms with van der Waals surface area (Å²) in [5, 5.41) is 0.346. The molecule has 0 atom stereocenters. The van der Waals surface area contributed by atoms with Crippen LogP contribution in [0.3, 0.4) is 0 Å². The Morgan fingerprint density at radius 1 is 1.44 bits per heavy atom. The van der Waals surface area contributed by atoms with Crippen LogP contribution in [0, 0.1) is 11.2 Å². The highest BCUT2D eigenvalue weighted by Crippen LogP contribution is 2.28. The van der Waals surface area contributed by atoms with Crippen molar-refractivity contribution in [2.75, 3.05) is 0 Å². The lowest BCUT2D eigenvalue weighted by Crippen LogP contribution is -2.14. The summed E-state index contributed by atoms with van der Waals surface area (Å²) in [4.78, 5) is 11.8. The van der Waals surface area contributed by atoms with Crippen LogP contribution in [-0.2, 0) is 0 Å². The summed E-state index contributed by atoms with van der Waals surface area (Å²) < 4.78 is 14.0. The molecule has 4 heteroatoms. The minimum absolute atomic E-state index is 0.0584. The van der Waals surface area contributed by atoms with Gasteiger partial charge in [-0.05, 0) is 33.5 Å². The van der Waals surface area contributed by atoms with E-state index in [1.165, 1.54) is 12.1 Å². The molecule has 0 saturated heterocycles. The maximum Gasteiger partial charge on any atom is 0.166 e. The third kappa shape index (κ3) is 3.56. The number of carbonyl (C=O) groups is 1. The predicted octanol–water partition coefficient (Wildman–Crippen LogP) is 4.86. The van der Waals surface area contributed by atoms with Gasteiger partial charge in [0.25, 0.3) is 0 Å². The molecule has 0 spiro atoms. The van der Waals surface area contributed by atoms with Crippen LogP contribution in [0.5, 0.6) is 0 Å². The number of hydrogen-bond acceptors (Lipinski definition) is 1. The smallest absolute Gasteiger partial charge is 0.166 e. The molecule has 0 bridgehead atoms. The number of hydrogen-bond donors (Lipinski definition) is 0. The molecule has 0 saturated carbocycles. The van der Waals surface area contributed by atoms with E-state index in [-0.39, 0.29) is 16.8 Å². The number of halogens is 3. The topological polar surface area (TPSA) is 17.1 Å². The fourth-order valence-corrected chi connectivity index (χ4v) is 1.79. The Morgan fingerprint density at radius 3 is 2.50 bits per heavy atom. The van der Waals surface area contributed by atoms with Gasteiger partial charge in [0.15, 0.2) is 5.78 Å². The lowest BCUT2D eigenvalue weighted by Gasteiger charge is -2.17. The molecule has 1 aromatic rings. The van der Waals surface area contributed by atoms with Crippen molar-refractivity contribution in [1.82, 2.24) is 0 Å². The van der Waals surface area contributed by atoms with Gasteiger partial charge in [-0.15, -0.1) is 0 Å². The molecule has 1 nitrogen and oxygen atoms in total. The van der Waals surface area contributed by atoms with Gasteiger partial charge in [-0.3, -0.25) is 4.79 Å². The number of rotatable bonds is 2. The zero-order valence-corrected chi connectivity index (χ0v) is 11.7. The molecule has 1 aromatic carbocycles. The molecule has 0 heterocycles. The third-order valence-corrected chi connectivity index (χ3v) is 3.20. The van der Waals surface area contributed by atoms with Crippen LogP contribution in [0.1, 0.15) is 37.6 Å². The maximum atomic E-state index is 13.5. The van der Waals surface area contributed by atoms with Crippen molar-refractivity contribution in [3.05, 3.63) is 33.0 Å². The second-order valence-electron chi connectivity index (χ2n) is 4.91. The lowest BCUT2D eigenvalue weighted by atomic mass is 9.88. The number of Topliss-reactive ketones (excluding diaryl/α,β-unsaturated/α-hetero) is 1. The standard InChI is InChI=1S/C12H13BrClFO/c1-12(2,3)6-11(16)7-4-9(14)8(13)5-10(7)15/h4-5H,6H2,1-3H3. The Morgan fingerprint density at radius 2 is 2.00 bits per heavy atom. The van der Waals surface area contributed by atoms with Crippen LogP contribution in [0.4, 0.5) is 4.39 Å². The summed E-state index contributed by atoms with van der Waals surface area (Å²) in [6, 6.07) is 2.59. The Balaban J connectivity index is 3.05. The van der Waals surface area contributed by atoms with Crippen LogP contribution in [0.25, 0.3) is 0 Å². The Kier molecular flexibility index (Phi) is 4.13. The van der Waals surface area contributed by atoms with Crippen molar-refractivity contribution in [3.8, 4) is 0 Å². The van der Waals surface area contributed by atoms with E-state index in [2.05, 4.69) is 15.9 Å². The lowest BCUT2D eigenvalue weighted by molar-refractivity contribution is 0.0936. The van der Waals surface area contributed by atoms with E-state index in [9.17, 15) is 9.18 Å². The largest absolute Gasteiger partial charge is 0.294 e. The Bertz CT molecular complexity index is 424. The number of carbonyl (C=O) groups excluding carboxylic acids is 1. The minimum Gasteiger partial charge on any atom is -0.294 e. The quantitative estimate of drug-likeness (QED) is 0.563. The molecule has 16 heavy (non-hydrogen) atoms. The van der Waals surface area contributed by atoms with Gasteiger partial charge in [-0.1, -0.05) is 32.4 Å². The van der Waals surface area contributed by atoms with E-state index < -0.39 is 5.82 Å². The first kappa shape index (κ1) is 13.7. The summed E-state index contributed by atoms with van der Waals surface area (Å²) in [5.41, 5.74) is -0.105. The first-order valence-electron chi connectivity index (χ1n) is 4.88. The van der Waals surface area contributed by atoms with Crippen molar-refractivity contribution >= 4 is 33.3 Å². The van der Waals surface area contributed by atoms with E-state index >= 15 is 0 Å². The summed E-state index contributed by atoms with van der Waals surface area (Å²) in [6.45, 7) is 5.80. The highest BCUT2D eigenvalue weighted by molar-refractivity contribution is 9.10. The molecule has 0 radical (unpaired) electrons. The van der Waals surface area contributed by atoms with Gasteiger partial charge in [-0.2, -0.15) is 0 Å². The SMILES string of the molecule is CC(C)(C)CC(=O)c1cc(Cl)c(Br)cc1F. The highest BCUT2D eigenvalue weighted by atomic mass is 79.9. The van der Waals surface area contributed by atoms with Crippen LogP contribution in [0.2, 0.25) is 5.02 Å². The maximum absolute atomic E-state index is 13.5. The summed E-state index contributed by atoms with van der Waals surface area (Å²) in [6.07, 6.45) is 0.294. The van der Waals surface area contributed by atoms with Crippen LogP contribution in [0.15, 0.2) is 16.6 Å². The molecule has 0 fully saturated rings. The van der Waals surface area contributed by atoms with Crippen molar-refractivity contribution in [3.63, 3.8) is 0 Å². The van der Waals surface area contributed by atoms with Gasteiger partial charge in [0.1, 0.15) is 5.82 Å². The summed E-state index contributed by atoms with van der Waals surface area (Å²) in [5.74, 6) is -0.759. The third-order valence-electron chi connectivity index (χ3n) is 2.00. The van der Waals surface area contributed by atoms with Crippen molar-refractivity contribution < 1.29 is 9.18 Å². The molecule has 0 aliphatic heterocycles. The monoisotopic (exact) mass is 306 g/mol. The van der Waals surface area contributed by atoms with E-state index in [1.54, 1.807) is 0 Å². The molecule has 0 unspecified atom stereocenters. The van der Waals surface area contributed by atoms with Crippen LogP contribution in [-0.4, -0.2) is 5.78 Å². The predicted molar refractivity (Wildman–Crippen MR) is 67.5 cm³/mol. The Labute approximate surface area is 108 Å². The van der Waals surface area contributed by atoms with Gasteiger partial charge in [0, 0.05) is 10.9 Å². The average molecular weight is 308 g/mol. The molecule has 88 valence electrons. The van der Waals surface area contributed by atoms with E-state index in [1.807, 2.05) is 20.8 Å². The minimum atomic E-state index is -0.537. The van der Waals surface area contributed by atoms with Gasteiger partial charge < -0.3 is 0 Å². The second kappa shape index (κ2) is 4.84.